The molecule has 7 nitrogen and oxygen atoms in total. The molecule has 2 aromatic carbocycles. The van der Waals surface area contributed by atoms with Gasteiger partial charge in [-0.25, -0.2) is 23.4 Å². The minimum Gasteiger partial charge on any atom is -0.473 e. The molecule has 0 bridgehead atoms. The largest absolute Gasteiger partial charge is 0.473 e. The highest BCUT2D eigenvalue weighted by Crippen LogP contribution is 2.30. The Balaban J connectivity index is 0.000000599. The first-order valence-electron chi connectivity index (χ1n) is 12.5. The topological polar surface area (TPSA) is 94.0 Å². The van der Waals surface area contributed by atoms with Gasteiger partial charge in [0, 0.05) is 37.3 Å². The molecule has 0 amide bonds. The summed E-state index contributed by atoms with van der Waals surface area (Å²) >= 11 is 0. The number of carbonyl (C=O) groups is 2. The van der Waals surface area contributed by atoms with Crippen LogP contribution in [0.4, 0.5) is 14.6 Å². The van der Waals surface area contributed by atoms with Gasteiger partial charge in [0.25, 0.3) is 0 Å². The van der Waals surface area contributed by atoms with Crippen LogP contribution in [0.25, 0.3) is 0 Å². The molecule has 202 valence electrons. The third-order valence-electron chi connectivity index (χ3n) is 6.72. The van der Waals surface area contributed by atoms with E-state index in [4.69, 9.17) is 19.8 Å². The van der Waals surface area contributed by atoms with Crippen molar-refractivity contribution in [3.63, 3.8) is 0 Å². The van der Waals surface area contributed by atoms with Gasteiger partial charge in [-0.3, -0.25) is 4.90 Å². The van der Waals surface area contributed by atoms with Crippen LogP contribution in [0.15, 0.2) is 72.9 Å². The Morgan fingerprint density at radius 2 is 1.42 bits per heavy atom. The number of carboxylic acid groups (broad SMARTS) is 2. The van der Waals surface area contributed by atoms with Crippen LogP contribution in [-0.4, -0.2) is 63.8 Å². The van der Waals surface area contributed by atoms with Crippen molar-refractivity contribution in [3.8, 4) is 0 Å². The molecule has 1 aliphatic rings. The van der Waals surface area contributed by atoms with Crippen LogP contribution in [0.1, 0.15) is 43.7 Å². The van der Waals surface area contributed by atoms with Crippen LogP contribution in [0.3, 0.4) is 0 Å². The molecule has 4 rings (SSSR count). The Morgan fingerprint density at radius 1 is 0.868 bits per heavy atom. The third kappa shape index (κ3) is 8.08. The number of aromatic nitrogens is 1. The number of hydrogen-bond donors (Lipinski definition) is 2. The number of carboxylic acids is 2. The van der Waals surface area contributed by atoms with E-state index in [1.165, 1.54) is 24.3 Å². The van der Waals surface area contributed by atoms with Crippen molar-refractivity contribution in [2.45, 2.75) is 44.7 Å². The average molecular weight is 526 g/mol. The Labute approximate surface area is 221 Å². The van der Waals surface area contributed by atoms with Gasteiger partial charge in [-0.05, 0) is 80.8 Å². The fraction of sp³-hybridized carbons (Fsp3) is 0.345. The first-order valence-corrected chi connectivity index (χ1v) is 12.5. The molecule has 2 heterocycles. The summed E-state index contributed by atoms with van der Waals surface area (Å²) < 4.78 is 26.9. The summed E-state index contributed by atoms with van der Waals surface area (Å²) in [5.74, 6) is -2.96. The van der Waals surface area contributed by atoms with E-state index < -0.39 is 11.9 Å². The van der Waals surface area contributed by atoms with Gasteiger partial charge < -0.3 is 15.1 Å². The van der Waals surface area contributed by atoms with Crippen LogP contribution < -0.4 is 4.90 Å². The molecular weight excluding hydrogens is 492 g/mol. The molecule has 1 saturated heterocycles. The highest BCUT2D eigenvalue weighted by Gasteiger charge is 2.29. The number of pyridine rings is 1. The van der Waals surface area contributed by atoms with Gasteiger partial charge in [0.1, 0.15) is 17.5 Å². The lowest BCUT2D eigenvalue weighted by atomic mass is 9.87. The number of hydrogen-bond acceptors (Lipinski definition) is 5. The van der Waals surface area contributed by atoms with Gasteiger partial charge in [-0.1, -0.05) is 30.3 Å². The van der Waals surface area contributed by atoms with Gasteiger partial charge in [-0.15, -0.1) is 0 Å². The van der Waals surface area contributed by atoms with Crippen LogP contribution in [-0.2, 0) is 9.59 Å². The van der Waals surface area contributed by atoms with Gasteiger partial charge in [0.2, 0.25) is 0 Å². The zero-order valence-electron chi connectivity index (χ0n) is 21.5. The van der Waals surface area contributed by atoms with Crippen molar-refractivity contribution in [3.05, 3.63) is 95.7 Å². The fourth-order valence-electron chi connectivity index (χ4n) is 4.77. The predicted molar refractivity (Wildman–Crippen MR) is 141 cm³/mol. The van der Waals surface area contributed by atoms with E-state index in [1.54, 1.807) is 0 Å². The highest BCUT2D eigenvalue weighted by atomic mass is 19.1. The maximum Gasteiger partial charge on any atom is 0.414 e. The van der Waals surface area contributed by atoms with Crippen molar-refractivity contribution in [2.75, 3.05) is 24.5 Å². The second-order valence-electron chi connectivity index (χ2n) is 9.44. The van der Waals surface area contributed by atoms with Gasteiger partial charge >= 0.3 is 11.9 Å². The second kappa shape index (κ2) is 13.6. The summed E-state index contributed by atoms with van der Waals surface area (Å²) in [6.45, 7) is 7.49. The molecule has 1 fully saturated rings. The number of nitrogens with zero attached hydrogens (tertiary/aromatic N) is 3. The van der Waals surface area contributed by atoms with Crippen molar-refractivity contribution < 1.29 is 28.6 Å². The van der Waals surface area contributed by atoms with Crippen molar-refractivity contribution >= 4 is 17.8 Å². The predicted octanol–water partition coefficient (Wildman–Crippen LogP) is 5.03. The number of anilines is 1. The standard InChI is InChI=1S/C27H31F2N3.C2H2O4/c1-20-19-32(27-7-3-4-16-30-27)21(2)18-31(20)17-5-6-26(22-8-12-24(28)13-9-22)23-10-14-25(29)15-11-23;3-1(4)2(5)6/h3-4,7-16,20-21,26H,5-6,17-19H2,1-2H3;(H,3,4)(H,5,6)/t20-,21+;/m0./s1. The fourth-order valence-corrected chi connectivity index (χ4v) is 4.77. The minimum atomic E-state index is -1.82. The quantitative estimate of drug-likeness (QED) is 0.418. The molecule has 2 atom stereocenters. The molecule has 9 heteroatoms. The lowest BCUT2D eigenvalue weighted by Crippen LogP contribution is -2.56. The Kier molecular flexibility index (Phi) is 10.3. The zero-order chi connectivity index (χ0) is 27.7. The molecule has 0 aliphatic carbocycles. The molecule has 38 heavy (non-hydrogen) atoms. The zero-order valence-corrected chi connectivity index (χ0v) is 21.5. The summed E-state index contributed by atoms with van der Waals surface area (Å²) in [6, 6.07) is 20.3. The van der Waals surface area contributed by atoms with Crippen molar-refractivity contribution in [2.24, 2.45) is 0 Å². The second-order valence-corrected chi connectivity index (χ2v) is 9.44. The lowest BCUT2D eigenvalue weighted by Gasteiger charge is -2.45. The molecule has 1 aromatic heterocycles. The van der Waals surface area contributed by atoms with Crippen LogP contribution >= 0.6 is 0 Å². The molecule has 1 aliphatic heterocycles. The average Bonchev–Trinajstić information content (AvgIpc) is 2.90. The molecular formula is C29H33F2N3O4. The number of benzene rings is 2. The molecule has 0 radical (unpaired) electrons. The van der Waals surface area contributed by atoms with Gasteiger partial charge in [0.05, 0.1) is 0 Å². The van der Waals surface area contributed by atoms with E-state index in [-0.39, 0.29) is 17.6 Å². The first kappa shape index (κ1) is 28.7. The molecule has 3 aromatic rings. The molecule has 2 N–H and O–H groups in total. The maximum atomic E-state index is 13.5. The van der Waals surface area contributed by atoms with E-state index in [0.29, 0.717) is 12.1 Å². The number of halogens is 2. The van der Waals surface area contributed by atoms with Gasteiger partial charge in [0.15, 0.2) is 0 Å². The lowest BCUT2D eigenvalue weighted by molar-refractivity contribution is -0.159. The van der Waals surface area contributed by atoms with Gasteiger partial charge in [-0.2, -0.15) is 0 Å². The van der Waals surface area contributed by atoms with Crippen LogP contribution in [0.2, 0.25) is 0 Å². The summed E-state index contributed by atoms with van der Waals surface area (Å²) in [5.41, 5.74) is 2.14. The summed E-state index contributed by atoms with van der Waals surface area (Å²) in [7, 11) is 0. The number of piperazine rings is 1. The van der Waals surface area contributed by atoms with E-state index >= 15 is 0 Å². The Bertz CT molecular complexity index is 1120. The van der Waals surface area contributed by atoms with E-state index in [0.717, 1.165) is 49.4 Å². The SMILES string of the molecule is C[C@@H]1CN(CCCC(c2ccc(F)cc2)c2ccc(F)cc2)[C@@H](C)CN1c1ccccn1.O=C(O)C(=O)O. The summed E-state index contributed by atoms with van der Waals surface area (Å²) in [6.07, 6.45) is 3.79. The molecule has 0 unspecified atom stereocenters. The van der Waals surface area contributed by atoms with E-state index in [1.807, 2.05) is 42.6 Å². The minimum absolute atomic E-state index is 0.124. The smallest absolute Gasteiger partial charge is 0.414 e. The monoisotopic (exact) mass is 525 g/mol. The summed E-state index contributed by atoms with van der Waals surface area (Å²) in [5, 5.41) is 14.8. The molecule has 0 spiro atoms. The first-order chi connectivity index (χ1) is 18.2. The molecule has 0 saturated carbocycles. The number of aliphatic carboxylic acids is 2. The van der Waals surface area contributed by atoms with E-state index in [9.17, 15) is 8.78 Å². The highest BCUT2D eigenvalue weighted by molar-refractivity contribution is 6.27. The number of rotatable bonds is 7. The normalized spacial score (nSPS) is 17.6. The Morgan fingerprint density at radius 3 is 1.89 bits per heavy atom. The maximum absolute atomic E-state index is 13.5. The Hall–Kier alpha value is -3.85. The van der Waals surface area contributed by atoms with Crippen molar-refractivity contribution in [1.29, 1.82) is 0 Å². The summed E-state index contributed by atoms with van der Waals surface area (Å²) in [4.78, 5) is 27.7. The van der Waals surface area contributed by atoms with E-state index in [2.05, 4.69) is 34.7 Å². The van der Waals surface area contributed by atoms with Crippen molar-refractivity contribution in [1.82, 2.24) is 9.88 Å². The third-order valence-corrected chi connectivity index (χ3v) is 6.72. The van der Waals surface area contributed by atoms with Crippen LogP contribution in [0.5, 0.6) is 0 Å². The van der Waals surface area contributed by atoms with Crippen LogP contribution in [0, 0.1) is 11.6 Å².